The summed E-state index contributed by atoms with van der Waals surface area (Å²) in [6, 6.07) is 9.99. The molecule has 0 amide bonds. The van der Waals surface area contributed by atoms with E-state index in [1.54, 1.807) is 0 Å². The summed E-state index contributed by atoms with van der Waals surface area (Å²) in [6.45, 7) is 0.640. The first-order valence-electron chi connectivity index (χ1n) is 5.61. The molecule has 1 aromatic rings. The first-order valence-corrected chi connectivity index (χ1v) is 5.61. The van der Waals surface area contributed by atoms with E-state index in [4.69, 9.17) is 45.9 Å². The van der Waals surface area contributed by atoms with Gasteiger partial charge < -0.3 is 45.9 Å². The summed E-state index contributed by atoms with van der Waals surface area (Å²) in [5, 5.41) is 55.6. The maximum absolute atomic E-state index is 10.1. The van der Waals surface area contributed by atoms with E-state index in [2.05, 4.69) is 0 Å². The summed E-state index contributed by atoms with van der Waals surface area (Å²) in [6.07, 6.45) is 0. The number of halogens is 4. The van der Waals surface area contributed by atoms with Gasteiger partial charge >= 0.3 is 29.6 Å². The molecule has 1 rings (SSSR count). The highest BCUT2D eigenvalue weighted by Gasteiger charge is 1.98. The van der Waals surface area contributed by atoms with Crippen LogP contribution in [0.4, 0.5) is 17.3 Å². The third-order valence-electron chi connectivity index (χ3n) is 1.08. The molecule has 0 bridgehead atoms. The minimum absolute atomic E-state index is 0.640. The minimum atomic E-state index is -2.67. The molecule has 0 radical (unpaired) electrons. The Hall–Kier alpha value is -1.16. The monoisotopic (exact) mass is 363 g/mol. The lowest BCUT2D eigenvalue weighted by molar-refractivity contribution is 0.338. The van der Waals surface area contributed by atoms with Gasteiger partial charge in [-0.1, -0.05) is 30.3 Å². The highest BCUT2D eigenvalue weighted by Crippen LogP contribution is 1.94. The van der Waals surface area contributed by atoms with E-state index in [1.807, 2.05) is 30.3 Å². The van der Waals surface area contributed by atoms with Gasteiger partial charge in [-0.25, -0.2) is 0 Å². The van der Waals surface area contributed by atoms with Gasteiger partial charge in [0.15, 0.2) is 0 Å². The molecular formula is C7H17B4F4NO8. The highest BCUT2D eigenvalue weighted by atomic mass is 19.1. The summed E-state index contributed by atoms with van der Waals surface area (Å²) in [7, 11) is -10.7. The normalized spacial score (nSPS) is 7.54. The van der Waals surface area contributed by atoms with E-state index < -0.39 is 29.6 Å². The van der Waals surface area contributed by atoms with Gasteiger partial charge in [0.25, 0.3) is 0 Å². The lowest BCUT2D eigenvalue weighted by Gasteiger charge is -1.90. The van der Waals surface area contributed by atoms with Crippen LogP contribution in [-0.4, -0.2) is 69.8 Å². The van der Waals surface area contributed by atoms with Crippen molar-refractivity contribution in [2.45, 2.75) is 6.54 Å². The molecule has 10 N–H and O–H groups in total. The van der Waals surface area contributed by atoms with Gasteiger partial charge in [0.2, 0.25) is 0 Å². The molecule has 9 nitrogen and oxygen atoms in total. The molecule has 17 heteroatoms. The summed E-state index contributed by atoms with van der Waals surface area (Å²) in [5.74, 6) is 0. The molecule has 0 saturated heterocycles. The molecule has 138 valence electrons. The summed E-state index contributed by atoms with van der Waals surface area (Å²) < 4.78 is 40.4. The van der Waals surface area contributed by atoms with Crippen molar-refractivity contribution in [3.63, 3.8) is 0 Å². The van der Waals surface area contributed by atoms with Crippen molar-refractivity contribution in [1.82, 2.24) is 0 Å². The third kappa shape index (κ3) is 105. The Morgan fingerprint density at radius 1 is 0.625 bits per heavy atom. The van der Waals surface area contributed by atoms with Crippen LogP contribution in [0, 0.1) is 0 Å². The van der Waals surface area contributed by atoms with Crippen molar-refractivity contribution >= 4 is 29.6 Å². The molecule has 0 atom stereocenters. The highest BCUT2D eigenvalue weighted by molar-refractivity contribution is 6.32. The molecule has 1 aromatic carbocycles. The largest absolute Gasteiger partial charge is 0.674 e. The van der Waals surface area contributed by atoms with Crippen molar-refractivity contribution < 1.29 is 57.5 Å². The average Bonchev–Trinajstić information content (AvgIpc) is 2.37. The van der Waals surface area contributed by atoms with Crippen LogP contribution in [-0.2, 0) is 6.54 Å². The predicted octanol–water partition coefficient (Wildman–Crippen LogP) is -3.15. The fourth-order valence-corrected chi connectivity index (χ4v) is 0.614. The molecule has 0 unspecified atom stereocenters. The number of rotatable bonds is 1. The van der Waals surface area contributed by atoms with Crippen LogP contribution >= 0.6 is 0 Å². The average molecular weight is 362 g/mol. The van der Waals surface area contributed by atoms with Crippen molar-refractivity contribution in [2.75, 3.05) is 0 Å². The second-order valence-electron chi connectivity index (χ2n) is 2.93. The Morgan fingerprint density at radius 2 is 0.833 bits per heavy atom. The van der Waals surface area contributed by atoms with Crippen molar-refractivity contribution in [3.8, 4) is 0 Å². The Balaban J connectivity index is -0.000000110. The van der Waals surface area contributed by atoms with Gasteiger partial charge in [0.1, 0.15) is 0 Å². The molecule has 24 heavy (non-hydrogen) atoms. The second kappa shape index (κ2) is 24.1. The minimum Gasteiger partial charge on any atom is -0.398 e. The van der Waals surface area contributed by atoms with Crippen LogP contribution in [0.5, 0.6) is 0 Å². The van der Waals surface area contributed by atoms with Crippen molar-refractivity contribution in [3.05, 3.63) is 35.9 Å². The predicted molar refractivity (Wildman–Crippen MR) is 79.5 cm³/mol. The maximum Gasteiger partial charge on any atom is 0.674 e. The van der Waals surface area contributed by atoms with E-state index in [0.717, 1.165) is 0 Å². The van der Waals surface area contributed by atoms with Crippen LogP contribution in [0.25, 0.3) is 0 Å². The van der Waals surface area contributed by atoms with Crippen LogP contribution < -0.4 is 5.73 Å². The van der Waals surface area contributed by atoms with Crippen LogP contribution in [0.15, 0.2) is 30.3 Å². The Labute approximate surface area is 136 Å². The zero-order valence-corrected chi connectivity index (χ0v) is 12.1. The molecule has 0 saturated carbocycles. The Morgan fingerprint density at radius 3 is 0.958 bits per heavy atom. The van der Waals surface area contributed by atoms with Crippen molar-refractivity contribution in [1.29, 1.82) is 0 Å². The Bertz CT molecular complexity index is 296. The van der Waals surface area contributed by atoms with Crippen LogP contribution in [0.2, 0.25) is 0 Å². The zero-order valence-electron chi connectivity index (χ0n) is 12.1. The number of hydrogen-bond acceptors (Lipinski definition) is 9. The summed E-state index contributed by atoms with van der Waals surface area (Å²) in [4.78, 5) is 0. The fourth-order valence-electron chi connectivity index (χ4n) is 0.614. The molecule has 0 aliphatic carbocycles. The SMILES string of the molecule is NCc1ccccc1.OB(O)F.OB(O)F.OB(O)F.OB(O)F. The third-order valence-corrected chi connectivity index (χ3v) is 1.08. The molecule has 0 heterocycles. The van der Waals surface area contributed by atoms with E-state index in [1.165, 1.54) is 5.56 Å². The molecular weight excluding hydrogens is 345 g/mol. The van der Waals surface area contributed by atoms with Crippen molar-refractivity contribution in [2.24, 2.45) is 5.73 Å². The smallest absolute Gasteiger partial charge is 0.398 e. The topological polar surface area (TPSA) is 188 Å². The first-order chi connectivity index (χ1) is 10.9. The number of hydrogen-bond donors (Lipinski definition) is 9. The van der Waals surface area contributed by atoms with E-state index in [9.17, 15) is 17.3 Å². The molecule has 0 fully saturated rings. The fraction of sp³-hybridized carbons (Fsp3) is 0.143. The van der Waals surface area contributed by atoms with Gasteiger partial charge in [-0.2, -0.15) is 0 Å². The second-order valence-corrected chi connectivity index (χ2v) is 2.93. The quantitative estimate of drug-likeness (QED) is 0.183. The van der Waals surface area contributed by atoms with Gasteiger partial charge in [0.05, 0.1) is 0 Å². The van der Waals surface area contributed by atoms with E-state index >= 15 is 0 Å². The molecule has 0 aromatic heterocycles. The lowest BCUT2D eigenvalue weighted by atomic mass is 10.2. The maximum atomic E-state index is 10.1. The van der Waals surface area contributed by atoms with E-state index in [0.29, 0.717) is 6.54 Å². The van der Waals surface area contributed by atoms with E-state index in [-0.39, 0.29) is 0 Å². The summed E-state index contributed by atoms with van der Waals surface area (Å²) in [5.41, 5.74) is 6.54. The Kier molecular flexibility index (Phi) is 30.8. The summed E-state index contributed by atoms with van der Waals surface area (Å²) >= 11 is 0. The van der Waals surface area contributed by atoms with Gasteiger partial charge in [0, 0.05) is 6.54 Å². The number of benzene rings is 1. The first kappa shape index (κ1) is 30.7. The zero-order chi connectivity index (χ0) is 20.1. The molecule has 0 aliphatic rings. The van der Waals surface area contributed by atoms with Crippen LogP contribution in [0.3, 0.4) is 0 Å². The number of nitrogens with two attached hydrogens (primary N) is 1. The van der Waals surface area contributed by atoms with Crippen LogP contribution in [0.1, 0.15) is 5.56 Å². The van der Waals surface area contributed by atoms with Gasteiger partial charge in [-0.05, 0) is 5.56 Å². The standard InChI is InChI=1S/C7H9N.4BFH2O2/c8-6-7-4-2-1-3-5-7;4*2-1(3)4/h1-5H,6,8H2;4*3-4H. The lowest BCUT2D eigenvalue weighted by Crippen LogP contribution is -1.98. The molecule has 0 spiro atoms. The van der Waals surface area contributed by atoms with Gasteiger partial charge in [-0.15, -0.1) is 0 Å². The molecule has 0 aliphatic heterocycles. The van der Waals surface area contributed by atoms with Gasteiger partial charge in [-0.3, -0.25) is 17.3 Å².